The van der Waals surface area contributed by atoms with Crippen LogP contribution in [0.15, 0.2) is 67.0 Å². The minimum absolute atomic E-state index is 0.0299. The fraction of sp³-hybridized carbons (Fsp3) is 0.273. The number of carbonyl (C=O) groups is 3. The SMILES string of the molecule is COC(=O)[C@@H]1C[C@@H](O)CN1CCCNC(=O)c1c[nH]c(-c2cc(Oc3ccc(NC(=O)Nc4cc(C)ccc4F)c(F)c3)ccn2)c1. The van der Waals surface area contributed by atoms with Gasteiger partial charge in [0.2, 0.25) is 0 Å². The number of halogens is 2. The fourth-order valence-corrected chi connectivity index (χ4v) is 5.20. The number of pyridine rings is 1. The third kappa shape index (κ3) is 8.48. The second kappa shape index (κ2) is 14.8. The van der Waals surface area contributed by atoms with Gasteiger partial charge in [-0.1, -0.05) is 6.07 Å². The van der Waals surface area contributed by atoms with E-state index in [9.17, 15) is 28.3 Å². The number of aryl methyl sites for hydroxylation is 1. The standard InChI is InChI=1S/C33H34F2N6O6/c1-19-4-6-24(34)27(12-19)40-33(45)39-26-7-5-22(15-25(26)35)47-23-8-10-36-29(16-23)28-13-20(17-38-28)31(43)37-9-3-11-41-18-21(42)14-30(41)32(44)46-2/h4-8,10,12-13,15-17,21,30,38,42H,3,9,11,14,18H2,1-2H3,(H,37,43)(H2,39,40,45)/t21-,30+/m1/s1. The van der Waals surface area contributed by atoms with E-state index in [0.717, 1.165) is 11.6 Å². The molecule has 14 heteroatoms. The van der Waals surface area contributed by atoms with Crippen molar-refractivity contribution in [2.24, 2.45) is 0 Å². The zero-order chi connectivity index (χ0) is 33.5. The number of methoxy groups -OCH3 is 1. The number of rotatable bonds is 11. The van der Waals surface area contributed by atoms with E-state index in [2.05, 4.69) is 25.9 Å². The molecule has 12 nitrogen and oxygen atoms in total. The van der Waals surface area contributed by atoms with Gasteiger partial charge in [-0.05, 0) is 55.3 Å². The van der Waals surface area contributed by atoms with Crippen molar-refractivity contribution in [2.75, 3.05) is 37.4 Å². The maximum atomic E-state index is 14.8. The Balaban J connectivity index is 1.13. The lowest BCUT2D eigenvalue weighted by Gasteiger charge is -2.21. The summed E-state index contributed by atoms with van der Waals surface area (Å²) in [4.78, 5) is 46.2. The number of H-pyrrole nitrogens is 1. The van der Waals surface area contributed by atoms with Gasteiger partial charge in [0.05, 0.1) is 41.5 Å². The summed E-state index contributed by atoms with van der Waals surface area (Å²) in [6, 6.07) is 11.7. The number of nitrogens with zero attached hydrogens (tertiary/aromatic N) is 2. The molecule has 5 rings (SSSR count). The van der Waals surface area contributed by atoms with E-state index in [1.807, 2.05) is 4.90 Å². The molecule has 4 aromatic rings. The highest BCUT2D eigenvalue weighted by Gasteiger charge is 2.36. The molecule has 246 valence electrons. The second-order valence-electron chi connectivity index (χ2n) is 11.0. The number of carbonyl (C=O) groups excluding carboxylic acids is 3. The van der Waals surface area contributed by atoms with Crippen LogP contribution in [0.5, 0.6) is 11.5 Å². The molecule has 1 aliphatic rings. The van der Waals surface area contributed by atoms with E-state index in [1.54, 1.807) is 37.4 Å². The molecule has 1 aliphatic heterocycles. The zero-order valence-electron chi connectivity index (χ0n) is 25.7. The molecule has 2 aromatic carbocycles. The molecule has 0 spiro atoms. The van der Waals surface area contributed by atoms with E-state index in [1.165, 1.54) is 37.6 Å². The zero-order valence-corrected chi connectivity index (χ0v) is 25.7. The maximum absolute atomic E-state index is 14.8. The van der Waals surface area contributed by atoms with E-state index in [4.69, 9.17) is 9.47 Å². The molecule has 0 bridgehead atoms. The minimum Gasteiger partial charge on any atom is -0.468 e. The molecule has 0 aliphatic carbocycles. The predicted molar refractivity (Wildman–Crippen MR) is 169 cm³/mol. The summed E-state index contributed by atoms with van der Waals surface area (Å²) < 4.78 is 39.4. The molecule has 3 heterocycles. The molecule has 2 atom stereocenters. The summed E-state index contributed by atoms with van der Waals surface area (Å²) in [5.41, 5.74) is 2.00. The number of benzene rings is 2. The van der Waals surface area contributed by atoms with Gasteiger partial charge < -0.3 is 35.5 Å². The Morgan fingerprint density at radius 1 is 1.02 bits per heavy atom. The van der Waals surface area contributed by atoms with Crippen molar-refractivity contribution in [2.45, 2.75) is 31.9 Å². The van der Waals surface area contributed by atoms with Crippen LogP contribution in [0.2, 0.25) is 0 Å². The molecule has 5 N–H and O–H groups in total. The Morgan fingerprint density at radius 2 is 1.81 bits per heavy atom. The van der Waals surface area contributed by atoms with Crippen molar-refractivity contribution >= 4 is 29.3 Å². The van der Waals surface area contributed by atoms with E-state index in [-0.39, 0.29) is 29.0 Å². The molecular weight excluding hydrogens is 614 g/mol. The van der Waals surface area contributed by atoms with E-state index in [0.29, 0.717) is 55.2 Å². The normalized spacial score (nSPS) is 16.0. The number of hydrogen-bond acceptors (Lipinski definition) is 8. The summed E-state index contributed by atoms with van der Waals surface area (Å²) in [5.74, 6) is -1.56. The second-order valence-corrected chi connectivity index (χ2v) is 11.0. The quantitative estimate of drug-likeness (QED) is 0.114. The van der Waals surface area contributed by atoms with Gasteiger partial charge in [-0.2, -0.15) is 0 Å². The Labute approximate surface area is 269 Å². The first-order valence-corrected chi connectivity index (χ1v) is 14.8. The maximum Gasteiger partial charge on any atom is 0.323 e. The van der Waals surface area contributed by atoms with E-state index < -0.39 is 29.8 Å². The van der Waals surface area contributed by atoms with Crippen LogP contribution in [-0.2, 0) is 9.53 Å². The third-order valence-electron chi connectivity index (χ3n) is 7.51. The molecule has 47 heavy (non-hydrogen) atoms. The van der Waals surface area contributed by atoms with Gasteiger partial charge in [-0.25, -0.2) is 13.6 Å². The number of hydrogen-bond donors (Lipinski definition) is 5. The van der Waals surface area contributed by atoms with Crippen molar-refractivity contribution in [1.29, 1.82) is 0 Å². The number of β-amino-alcohol motifs (C(OH)–C–C–N with tert-alkyl or cyclic N) is 1. The van der Waals surface area contributed by atoms with Gasteiger partial charge in [-0.3, -0.25) is 19.5 Å². The molecular formula is C33H34F2N6O6. The number of amides is 3. The minimum atomic E-state index is -0.809. The van der Waals surface area contributed by atoms with Crippen molar-refractivity contribution in [3.63, 3.8) is 0 Å². The van der Waals surface area contributed by atoms with Crippen LogP contribution in [0.25, 0.3) is 11.4 Å². The molecule has 2 aromatic heterocycles. The lowest BCUT2D eigenvalue weighted by atomic mass is 10.2. The fourth-order valence-electron chi connectivity index (χ4n) is 5.20. The largest absolute Gasteiger partial charge is 0.468 e. The van der Waals surface area contributed by atoms with Gasteiger partial charge in [0.15, 0.2) is 0 Å². The number of aliphatic hydroxyl groups excluding tert-OH is 1. The van der Waals surface area contributed by atoms with Gasteiger partial charge in [0, 0.05) is 50.6 Å². The van der Waals surface area contributed by atoms with Crippen LogP contribution >= 0.6 is 0 Å². The van der Waals surface area contributed by atoms with Crippen LogP contribution < -0.4 is 20.7 Å². The number of likely N-dealkylation sites (tertiary alicyclic amines) is 1. The number of aromatic amines is 1. The number of ether oxygens (including phenoxy) is 2. The van der Waals surface area contributed by atoms with Gasteiger partial charge in [0.1, 0.15) is 29.2 Å². The average Bonchev–Trinajstić information content (AvgIpc) is 3.69. The van der Waals surface area contributed by atoms with Crippen LogP contribution in [0.3, 0.4) is 0 Å². The molecule has 1 fully saturated rings. The van der Waals surface area contributed by atoms with Crippen LogP contribution in [0.1, 0.15) is 28.8 Å². The molecule has 3 amide bonds. The first kappa shape index (κ1) is 33.0. The first-order chi connectivity index (χ1) is 22.6. The number of anilines is 2. The average molecular weight is 649 g/mol. The van der Waals surface area contributed by atoms with Gasteiger partial charge >= 0.3 is 12.0 Å². The Morgan fingerprint density at radius 3 is 2.60 bits per heavy atom. The highest BCUT2D eigenvalue weighted by Crippen LogP contribution is 2.28. The smallest absolute Gasteiger partial charge is 0.323 e. The molecule has 0 unspecified atom stereocenters. The van der Waals surface area contributed by atoms with Crippen molar-refractivity contribution in [3.8, 4) is 22.9 Å². The summed E-state index contributed by atoms with van der Waals surface area (Å²) in [5, 5.41) is 17.5. The Hall–Kier alpha value is -5.34. The van der Waals surface area contributed by atoms with E-state index >= 15 is 0 Å². The summed E-state index contributed by atoms with van der Waals surface area (Å²) >= 11 is 0. The lowest BCUT2D eigenvalue weighted by molar-refractivity contribution is -0.145. The summed E-state index contributed by atoms with van der Waals surface area (Å²) in [7, 11) is 1.32. The van der Waals surface area contributed by atoms with Gasteiger partial charge in [-0.15, -0.1) is 0 Å². The number of esters is 1. The van der Waals surface area contributed by atoms with Crippen LogP contribution in [-0.4, -0.2) is 76.8 Å². The number of aromatic nitrogens is 2. The highest BCUT2D eigenvalue weighted by molar-refractivity contribution is 6.00. The molecule has 0 saturated carbocycles. The van der Waals surface area contributed by atoms with Gasteiger partial charge in [0.25, 0.3) is 5.91 Å². The summed E-state index contributed by atoms with van der Waals surface area (Å²) in [6.07, 6.45) is 3.36. The van der Waals surface area contributed by atoms with Crippen LogP contribution in [0, 0.1) is 18.6 Å². The topological polar surface area (TPSA) is 158 Å². The highest BCUT2D eigenvalue weighted by atomic mass is 19.1. The predicted octanol–water partition coefficient (Wildman–Crippen LogP) is 4.83. The monoisotopic (exact) mass is 648 g/mol. The number of nitrogens with one attached hydrogen (secondary N) is 4. The molecule has 1 saturated heterocycles. The number of aliphatic hydroxyl groups is 1. The number of urea groups is 1. The van der Waals surface area contributed by atoms with Crippen LogP contribution in [0.4, 0.5) is 25.0 Å². The summed E-state index contributed by atoms with van der Waals surface area (Å²) in [6.45, 7) is 3.00. The van der Waals surface area contributed by atoms with Crippen molar-refractivity contribution < 1.29 is 37.7 Å². The molecule has 0 radical (unpaired) electrons. The Kier molecular flexibility index (Phi) is 10.4. The lowest BCUT2D eigenvalue weighted by Crippen LogP contribution is -2.38. The Bertz CT molecular complexity index is 1770. The third-order valence-corrected chi connectivity index (χ3v) is 7.51. The first-order valence-electron chi connectivity index (χ1n) is 14.8. The van der Waals surface area contributed by atoms with Crippen molar-refractivity contribution in [3.05, 3.63) is 89.8 Å². The van der Waals surface area contributed by atoms with Crippen molar-refractivity contribution in [1.82, 2.24) is 20.2 Å².